The number of carbonyl (C=O) groups excluding carboxylic acids is 2. The van der Waals surface area contributed by atoms with Crippen LogP contribution < -0.4 is 9.80 Å². The number of thioether (sulfide) groups is 2. The van der Waals surface area contributed by atoms with Gasteiger partial charge in [-0.3, -0.25) is 19.4 Å². The average Bonchev–Trinajstić information content (AvgIpc) is 3.10. The molecule has 28 heavy (non-hydrogen) atoms. The molecule has 2 amide bonds. The first-order chi connectivity index (χ1) is 13.4. The number of nitrogens with zero attached hydrogens (tertiary/aromatic N) is 2. The molecule has 0 spiro atoms. The molecule has 0 bridgehead atoms. The van der Waals surface area contributed by atoms with Crippen LogP contribution in [0.5, 0.6) is 0 Å². The van der Waals surface area contributed by atoms with Crippen molar-refractivity contribution >= 4 is 103 Å². The van der Waals surface area contributed by atoms with Gasteiger partial charge < -0.3 is 0 Å². The van der Waals surface area contributed by atoms with Crippen LogP contribution in [0.1, 0.15) is 0 Å². The van der Waals surface area contributed by atoms with E-state index < -0.39 is 0 Å². The van der Waals surface area contributed by atoms with Crippen molar-refractivity contribution in [1.29, 1.82) is 0 Å². The summed E-state index contributed by atoms with van der Waals surface area (Å²) in [4.78, 5) is 29.3. The number of thiocarbonyl (C=S) groups is 2. The average molecular weight is 483 g/mol. The number of hydrogen-bond acceptors (Lipinski definition) is 6. The second kappa shape index (κ2) is 7.78. The molecular formula is C18H8Cl2N2O2S4. The van der Waals surface area contributed by atoms with Gasteiger partial charge in [0.05, 0.1) is 21.2 Å². The summed E-state index contributed by atoms with van der Waals surface area (Å²) >= 11 is 25.0. The fourth-order valence-electron chi connectivity index (χ4n) is 2.68. The second-order valence-electron chi connectivity index (χ2n) is 5.64. The summed E-state index contributed by atoms with van der Waals surface area (Å²) in [6.07, 6.45) is 0. The highest BCUT2D eigenvalue weighted by Crippen LogP contribution is 2.44. The summed E-state index contributed by atoms with van der Waals surface area (Å²) in [7, 11) is 0. The molecule has 0 aromatic heterocycles. The number of carbonyl (C=O) groups is 2. The maximum Gasteiger partial charge on any atom is 0.272 e. The molecule has 2 heterocycles. The van der Waals surface area contributed by atoms with E-state index in [1.165, 1.54) is 9.80 Å². The van der Waals surface area contributed by atoms with Gasteiger partial charge in [0.2, 0.25) is 0 Å². The highest BCUT2D eigenvalue weighted by Gasteiger charge is 2.43. The van der Waals surface area contributed by atoms with Crippen molar-refractivity contribution in [1.82, 2.24) is 0 Å². The fourth-order valence-corrected chi connectivity index (χ4v) is 5.81. The Bertz CT molecular complexity index is 1020. The maximum atomic E-state index is 13.0. The topological polar surface area (TPSA) is 40.6 Å². The SMILES string of the molecule is O=C1/C(=C2\SC(=S)N(c3cccc(Cl)c3)C2=O)SC(=S)N1c1cccc(Cl)c1. The van der Waals surface area contributed by atoms with E-state index in [1.54, 1.807) is 48.5 Å². The van der Waals surface area contributed by atoms with E-state index in [4.69, 9.17) is 47.6 Å². The van der Waals surface area contributed by atoms with Crippen LogP contribution in [0.25, 0.3) is 0 Å². The Labute approximate surface area is 189 Å². The van der Waals surface area contributed by atoms with Crippen LogP contribution in [0.2, 0.25) is 10.0 Å². The van der Waals surface area contributed by atoms with Gasteiger partial charge in [-0.25, -0.2) is 0 Å². The predicted octanol–water partition coefficient (Wildman–Crippen LogP) is 5.63. The zero-order chi connectivity index (χ0) is 20.0. The second-order valence-corrected chi connectivity index (χ2v) is 9.80. The number of rotatable bonds is 2. The van der Waals surface area contributed by atoms with Crippen molar-refractivity contribution in [3.8, 4) is 0 Å². The highest BCUT2D eigenvalue weighted by atomic mass is 35.5. The number of amides is 2. The molecule has 2 aliphatic heterocycles. The van der Waals surface area contributed by atoms with E-state index >= 15 is 0 Å². The standard InChI is InChI=1S/C18H8Cl2N2O2S4/c19-9-3-1-5-11(7-9)21-15(23)13(27-17(21)25)14-16(24)22(18(26)28-14)12-6-2-4-10(20)8-12/h1-8H/b14-13+. The Kier molecular flexibility index (Phi) is 5.52. The lowest BCUT2D eigenvalue weighted by Crippen LogP contribution is -2.29. The van der Waals surface area contributed by atoms with E-state index in [2.05, 4.69) is 0 Å². The van der Waals surface area contributed by atoms with Crippen molar-refractivity contribution in [2.45, 2.75) is 0 Å². The molecule has 0 unspecified atom stereocenters. The van der Waals surface area contributed by atoms with E-state index in [-0.39, 0.29) is 21.6 Å². The van der Waals surface area contributed by atoms with Crippen LogP contribution in [0, 0.1) is 0 Å². The molecule has 2 fully saturated rings. The normalized spacial score (nSPS) is 19.9. The van der Waals surface area contributed by atoms with Gasteiger partial charge in [0.25, 0.3) is 11.8 Å². The Balaban J connectivity index is 1.72. The van der Waals surface area contributed by atoms with Crippen molar-refractivity contribution in [3.63, 3.8) is 0 Å². The van der Waals surface area contributed by atoms with Gasteiger partial charge in [0.1, 0.15) is 0 Å². The summed E-state index contributed by atoms with van der Waals surface area (Å²) in [5, 5.41) is 0.970. The highest BCUT2D eigenvalue weighted by molar-refractivity contribution is 8.30. The zero-order valence-electron chi connectivity index (χ0n) is 13.7. The Hall–Kier alpha value is -1.42. The van der Waals surface area contributed by atoms with E-state index in [9.17, 15) is 9.59 Å². The van der Waals surface area contributed by atoms with Gasteiger partial charge in [0, 0.05) is 10.0 Å². The summed E-state index contributed by atoms with van der Waals surface area (Å²) in [6, 6.07) is 13.6. The molecule has 4 rings (SSSR count). The predicted molar refractivity (Wildman–Crippen MR) is 125 cm³/mol. The third-order valence-electron chi connectivity index (χ3n) is 3.88. The lowest BCUT2D eigenvalue weighted by atomic mass is 10.2. The minimum absolute atomic E-state index is 0.256. The molecule has 10 heteroatoms. The third kappa shape index (κ3) is 3.49. The minimum atomic E-state index is -0.371. The third-order valence-corrected chi connectivity index (χ3v) is 7.22. The number of halogens is 2. The Morgan fingerprint density at radius 3 is 1.46 bits per heavy atom. The van der Waals surface area contributed by atoms with Crippen LogP contribution in [0.15, 0.2) is 58.3 Å². The van der Waals surface area contributed by atoms with Crippen LogP contribution in [-0.4, -0.2) is 20.5 Å². The van der Waals surface area contributed by atoms with Crippen LogP contribution in [0.4, 0.5) is 11.4 Å². The van der Waals surface area contributed by atoms with Gasteiger partial charge in [0.15, 0.2) is 8.64 Å². The minimum Gasteiger partial charge on any atom is -0.268 e. The molecule has 140 valence electrons. The van der Waals surface area contributed by atoms with Gasteiger partial charge in [-0.15, -0.1) is 0 Å². The molecule has 4 nitrogen and oxygen atoms in total. The van der Waals surface area contributed by atoms with Gasteiger partial charge in [-0.05, 0) is 36.4 Å². The lowest BCUT2D eigenvalue weighted by molar-refractivity contribution is -0.115. The monoisotopic (exact) mass is 482 g/mol. The largest absolute Gasteiger partial charge is 0.272 e. The summed E-state index contributed by atoms with van der Waals surface area (Å²) in [6.45, 7) is 0. The molecule has 0 aliphatic carbocycles. The van der Waals surface area contributed by atoms with Crippen molar-refractivity contribution in [2.24, 2.45) is 0 Å². The summed E-state index contributed by atoms with van der Waals surface area (Å²) in [5.74, 6) is -0.743. The van der Waals surface area contributed by atoms with Gasteiger partial charge in [-0.2, -0.15) is 0 Å². The molecular weight excluding hydrogens is 475 g/mol. The Morgan fingerprint density at radius 1 is 0.714 bits per heavy atom. The first-order valence-corrected chi connectivity index (χ1v) is 11.0. The first kappa shape index (κ1) is 19.9. The molecule has 2 aromatic rings. The van der Waals surface area contributed by atoms with Gasteiger partial charge in [-0.1, -0.05) is 83.3 Å². The number of benzene rings is 2. The van der Waals surface area contributed by atoms with Crippen LogP contribution >= 0.6 is 71.2 Å². The van der Waals surface area contributed by atoms with Crippen LogP contribution in [0.3, 0.4) is 0 Å². The lowest BCUT2D eigenvalue weighted by Gasteiger charge is -2.15. The number of anilines is 2. The number of hydrogen-bond donors (Lipinski definition) is 0. The molecule has 0 saturated carbocycles. The molecule has 2 aromatic carbocycles. The first-order valence-electron chi connectivity index (χ1n) is 7.75. The van der Waals surface area contributed by atoms with Crippen molar-refractivity contribution in [3.05, 3.63) is 68.4 Å². The van der Waals surface area contributed by atoms with Gasteiger partial charge >= 0.3 is 0 Å². The molecule has 0 radical (unpaired) electrons. The summed E-state index contributed by atoms with van der Waals surface area (Å²) < 4.78 is 0.658. The zero-order valence-corrected chi connectivity index (χ0v) is 18.5. The van der Waals surface area contributed by atoms with E-state index in [1.807, 2.05) is 0 Å². The molecule has 2 saturated heterocycles. The summed E-state index contributed by atoms with van der Waals surface area (Å²) in [5.41, 5.74) is 1.10. The fraction of sp³-hybridized carbons (Fsp3) is 0. The molecule has 0 atom stereocenters. The van der Waals surface area contributed by atoms with Crippen molar-refractivity contribution in [2.75, 3.05) is 9.80 Å². The molecule has 2 aliphatic rings. The van der Waals surface area contributed by atoms with E-state index in [0.29, 0.717) is 30.1 Å². The Morgan fingerprint density at radius 2 is 1.11 bits per heavy atom. The van der Waals surface area contributed by atoms with Crippen molar-refractivity contribution < 1.29 is 9.59 Å². The maximum absolute atomic E-state index is 13.0. The van der Waals surface area contributed by atoms with Crippen LogP contribution in [-0.2, 0) is 9.59 Å². The molecule has 0 N–H and O–H groups in total. The smallest absolute Gasteiger partial charge is 0.268 e. The van der Waals surface area contributed by atoms with E-state index in [0.717, 1.165) is 23.5 Å². The quantitative estimate of drug-likeness (QED) is 0.407.